The van der Waals surface area contributed by atoms with Crippen LogP contribution in [0.1, 0.15) is 18.4 Å². The van der Waals surface area contributed by atoms with Crippen molar-refractivity contribution < 1.29 is 0 Å². The maximum atomic E-state index is 4.34. The fourth-order valence-corrected chi connectivity index (χ4v) is 2.67. The predicted octanol–water partition coefficient (Wildman–Crippen LogP) is 2.21. The van der Waals surface area contributed by atoms with Crippen LogP contribution in [0.25, 0.3) is 0 Å². The van der Waals surface area contributed by atoms with Crippen molar-refractivity contribution in [2.75, 3.05) is 27.2 Å². The van der Waals surface area contributed by atoms with Gasteiger partial charge in [-0.2, -0.15) is 0 Å². The van der Waals surface area contributed by atoms with E-state index in [1.54, 1.807) is 0 Å². The van der Waals surface area contributed by atoms with Gasteiger partial charge in [-0.1, -0.05) is 6.07 Å². The lowest BCUT2D eigenvalue weighted by molar-refractivity contribution is 0.140. The molecule has 0 aromatic carbocycles. The lowest BCUT2D eigenvalue weighted by Gasteiger charge is -2.35. The summed E-state index contributed by atoms with van der Waals surface area (Å²) in [5.74, 6) is 0. The van der Waals surface area contributed by atoms with E-state index in [4.69, 9.17) is 0 Å². The minimum Gasteiger partial charge on any atom is -0.306 e. The Bertz CT molecular complexity index is 342. The molecule has 0 spiro atoms. The number of aromatic nitrogens is 1. The monoisotopic (exact) mass is 345 g/mol. The maximum absolute atomic E-state index is 4.34. The van der Waals surface area contributed by atoms with Gasteiger partial charge in [0.2, 0.25) is 0 Å². The Balaban J connectivity index is 1.84. The third-order valence-corrected chi connectivity index (χ3v) is 4.12. The van der Waals surface area contributed by atoms with E-state index in [0.29, 0.717) is 0 Å². The van der Waals surface area contributed by atoms with E-state index in [9.17, 15) is 0 Å². The molecule has 4 heteroatoms. The molecular formula is C13H20IN3. The topological polar surface area (TPSA) is 19.4 Å². The zero-order valence-corrected chi connectivity index (χ0v) is 12.7. The Morgan fingerprint density at radius 1 is 1.35 bits per heavy atom. The minimum atomic E-state index is 0.765. The first kappa shape index (κ1) is 13.2. The molecular weight excluding hydrogens is 325 g/mol. The molecule has 1 aromatic heterocycles. The van der Waals surface area contributed by atoms with E-state index in [1.165, 1.54) is 31.5 Å². The zero-order valence-electron chi connectivity index (χ0n) is 10.6. The number of nitrogens with zero attached hydrogens (tertiary/aromatic N) is 3. The molecule has 0 radical (unpaired) electrons. The molecule has 1 aliphatic rings. The van der Waals surface area contributed by atoms with Crippen LogP contribution in [0.15, 0.2) is 18.3 Å². The van der Waals surface area contributed by atoms with Crippen LogP contribution in [0.4, 0.5) is 0 Å². The van der Waals surface area contributed by atoms with Crippen molar-refractivity contribution in [3.63, 3.8) is 0 Å². The fraction of sp³-hybridized carbons (Fsp3) is 0.615. The second kappa shape index (κ2) is 6.11. The van der Waals surface area contributed by atoms with Crippen LogP contribution in [0, 0.1) is 3.70 Å². The molecule has 1 aliphatic heterocycles. The maximum Gasteiger partial charge on any atom is 0.101 e. The first-order chi connectivity index (χ1) is 8.15. The predicted molar refractivity (Wildman–Crippen MR) is 78.9 cm³/mol. The van der Waals surface area contributed by atoms with Crippen LogP contribution in [0.3, 0.4) is 0 Å². The molecule has 2 heterocycles. The lowest BCUT2D eigenvalue weighted by atomic mass is 10.0. The summed E-state index contributed by atoms with van der Waals surface area (Å²) in [4.78, 5) is 9.22. The van der Waals surface area contributed by atoms with Crippen molar-refractivity contribution in [3.05, 3.63) is 27.6 Å². The number of hydrogen-bond acceptors (Lipinski definition) is 3. The molecule has 0 N–H and O–H groups in total. The lowest BCUT2D eigenvalue weighted by Crippen LogP contribution is -2.41. The molecule has 94 valence electrons. The second-order valence-corrected chi connectivity index (χ2v) is 6.07. The van der Waals surface area contributed by atoms with Crippen molar-refractivity contribution in [1.82, 2.24) is 14.8 Å². The van der Waals surface area contributed by atoms with Crippen molar-refractivity contribution in [1.29, 1.82) is 0 Å². The van der Waals surface area contributed by atoms with Gasteiger partial charge in [0.15, 0.2) is 0 Å². The summed E-state index contributed by atoms with van der Waals surface area (Å²) in [6, 6.07) is 5.04. The third kappa shape index (κ3) is 3.89. The Morgan fingerprint density at radius 2 is 2.06 bits per heavy atom. The van der Waals surface area contributed by atoms with Crippen LogP contribution in [-0.4, -0.2) is 48.0 Å². The van der Waals surface area contributed by atoms with Crippen LogP contribution in [-0.2, 0) is 6.54 Å². The van der Waals surface area contributed by atoms with E-state index in [2.05, 4.69) is 63.6 Å². The molecule has 3 nitrogen and oxygen atoms in total. The van der Waals surface area contributed by atoms with Gasteiger partial charge in [0, 0.05) is 18.8 Å². The number of likely N-dealkylation sites (tertiary alicyclic amines) is 1. The van der Waals surface area contributed by atoms with Crippen molar-refractivity contribution >= 4 is 22.6 Å². The molecule has 17 heavy (non-hydrogen) atoms. The smallest absolute Gasteiger partial charge is 0.101 e. The molecule has 0 amide bonds. The minimum absolute atomic E-state index is 0.765. The average molecular weight is 345 g/mol. The first-order valence-electron chi connectivity index (χ1n) is 6.14. The highest BCUT2D eigenvalue weighted by molar-refractivity contribution is 14.1. The Morgan fingerprint density at radius 3 is 2.59 bits per heavy atom. The zero-order chi connectivity index (χ0) is 12.3. The average Bonchev–Trinajstić information content (AvgIpc) is 2.33. The van der Waals surface area contributed by atoms with Crippen LogP contribution in [0.5, 0.6) is 0 Å². The Hall–Kier alpha value is -0.200. The summed E-state index contributed by atoms with van der Waals surface area (Å²) < 4.78 is 1.07. The molecule has 0 unspecified atom stereocenters. The van der Waals surface area contributed by atoms with Crippen LogP contribution >= 0.6 is 22.6 Å². The number of hydrogen-bond donors (Lipinski definition) is 0. The third-order valence-electron chi connectivity index (χ3n) is 3.48. The van der Waals surface area contributed by atoms with Gasteiger partial charge in [-0.3, -0.25) is 9.88 Å². The van der Waals surface area contributed by atoms with Gasteiger partial charge in [0.1, 0.15) is 3.70 Å². The standard InChI is InChI=1S/C13H20IN3/c1-16(2)12-5-7-17(8-6-12)10-11-3-4-13(14)15-9-11/h3-4,9,12H,5-8,10H2,1-2H3. The second-order valence-electron chi connectivity index (χ2n) is 4.96. The molecule has 2 rings (SSSR count). The van der Waals surface area contributed by atoms with Crippen molar-refractivity contribution in [2.45, 2.75) is 25.4 Å². The Labute approximate surface area is 117 Å². The summed E-state index contributed by atoms with van der Waals surface area (Å²) in [6.45, 7) is 3.45. The highest BCUT2D eigenvalue weighted by Gasteiger charge is 2.20. The normalized spacial score (nSPS) is 18.8. The summed E-state index contributed by atoms with van der Waals surface area (Å²) in [7, 11) is 4.37. The van der Waals surface area contributed by atoms with E-state index < -0.39 is 0 Å². The van der Waals surface area contributed by atoms with Gasteiger partial charge in [-0.25, -0.2) is 0 Å². The molecule has 0 saturated carbocycles. The van der Waals surface area contributed by atoms with Crippen LogP contribution in [0.2, 0.25) is 0 Å². The van der Waals surface area contributed by atoms with E-state index in [-0.39, 0.29) is 0 Å². The molecule has 1 aromatic rings. The molecule has 0 bridgehead atoms. The summed E-state index contributed by atoms with van der Waals surface area (Å²) in [5, 5.41) is 0. The Kier molecular flexibility index (Phi) is 4.76. The molecule has 1 fully saturated rings. The SMILES string of the molecule is CN(C)C1CCN(Cc2ccc(I)nc2)CC1. The largest absolute Gasteiger partial charge is 0.306 e. The fourth-order valence-electron chi connectivity index (χ4n) is 2.35. The van der Waals surface area contributed by atoms with E-state index in [1.807, 2.05) is 6.20 Å². The first-order valence-corrected chi connectivity index (χ1v) is 7.22. The van der Waals surface area contributed by atoms with Gasteiger partial charge in [0.25, 0.3) is 0 Å². The van der Waals surface area contributed by atoms with Crippen LogP contribution < -0.4 is 0 Å². The number of piperidine rings is 1. The molecule has 0 aliphatic carbocycles. The quantitative estimate of drug-likeness (QED) is 0.619. The van der Waals surface area contributed by atoms with Gasteiger partial charge < -0.3 is 4.90 Å². The van der Waals surface area contributed by atoms with Gasteiger partial charge in [0.05, 0.1) is 0 Å². The van der Waals surface area contributed by atoms with Crippen molar-refractivity contribution in [2.24, 2.45) is 0 Å². The summed E-state index contributed by atoms with van der Waals surface area (Å²) >= 11 is 2.25. The van der Waals surface area contributed by atoms with E-state index in [0.717, 1.165) is 16.3 Å². The highest BCUT2D eigenvalue weighted by Crippen LogP contribution is 2.16. The van der Waals surface area contributed by atoms with Gasteiger partial charge in [-0.05, 0) is 74.2 Å². The number of rotatable bonds is 3. The van der Waals surface area contributed by atoms with Crippen molar-refractivity contribution in [3.8, 4) is 0 Å². The van der Waals surface area contributed by atoms with E-state index >= 15 is 0 Å². The highest BCUT2D eigenvalue weighted by atomic mass is 127. The number of pyridine rings is 1. The summed E-state index contributed by atoms with van der Waals surface area (Å²) in [6.07, 6.45) is 4.56. The molecule has 0 atom stereocenters. The summed E-state index contributed by atoms with van der Waals surface area (Å²) in [5.41, 5.74) is 1.33. The number of halogens is 1. The van der Waals surface area contributed by atoms with Gasteiger partial charge >= 0.3 is 0 Å². The van der Waals surface area contributed by atoms with Gasteiger partial charge in [-0.15, -0.1) is 0 Å². The molecule has 1 saturated heterocycles.